The Balaban J connectivity index is 1.73. The van der Waals surface area contributed by atoms with Crippen LogP contribution in [0.5, 0.6) is 0 Å². The molecule has 2 rings (SSSR count). The van der Waals surface area contributed by atoms with E-state index in [9.17, 15) is 4.79 Å². The maximum Gasteiger partial charge on any atom is 0.410 e. The van der Waals surface area contributed by atoms with Crippen LogP contribution in [0.15, 0.2) is 17.3 Å². The molecule has 0 radical (unpaired) electrons. The van der Waals surface area contributed by atoms with Crippen LogP contribution in [0.3, 0.4) is 0 Å². The molecule has 1 fully saturated rings. The predicted molar refractivity (Wildman–Crippen MR) is 76.5 cm³/mol. The van der Waals surface area contributed by atoms with Crippen LogP contribution in [-0.2, 0) is 9.47 Å². The average Bonchev–Trinajstić information content (AvgIpc) is 2.39. The molecule has 0 saturated carbocycles. The van der Waals surface area contributed by atoms with Gasteiger partial charge in [0.25, 0.3) is 0 Å². The second kappa shape index (κ2) is 6.26. The molecule has 1 amide bonds. The molecule has 0 aliphatic carbocycles. The molecular formula is C14H23N3O3. The molecule has 1 saturated heterocycles. The van der Waals surface area contributed by atoms with Crippen molar-refractivity contribution in [1.82, 2.24) is 10.2 Å². The fourth-order valence-electron chi connectivity index (χ4n) is 2.11. The molecule has 20 heavy (non-hydrogen) atoms. The number of likely N-dealkylation sites (tertiary alicyclic amines) is 1. The first-order chi connectivity index (χ1) is 9.44. The summed E-state index contributed by atoms with van der Waals surface area (Å²) in [7, 11) is 0. The fourth-order valence-corrected chi connectivity index (χ4v) is 2.11. The summed E-state index contributed by atoms with van der Waals surface area (Å²) < 4.78 is 11.2. The zero-order chi connectivity index (χ0) is 14.6. The highest BCUT2D eigenvalue weighted by Crippen LogP contribution is 2.18. The lowest BCUT2D eigenvalue weighted by Gasteiger charge is -2.34. The number of nitrogens with zero attached hydrogens (tertiary/aromatic N) is 2. The SMILES string of the molecule is CC(C)(C)OC(=O)N1CCC(OC2N=CC=CN2)CC1. The maximum absolute atomic E-state index is 11.9. The topological polar surface area (TPSA) is 63.2 Å². The second-order valence-corrected chi connectivity index (χ2v) is 5.98. The molecule has 2 heterocycles. The first-order valence-electron chi connectivity index (χ1n) is 7.02. The summed E-state index contributed by atoms with van der Waals surface area (Å²) >= 11 is 0. The highest BCUT2D eigenvalue weighted by Gasteiger charge is 2.28. The number of piperidine rings is 1. The summed E-state index contributed by atoms with van der Waals surface area (Å²) in [6, 6.07) is 0. The van der Waals surface area contributed by atoms with Gasteiger partial charge < -0.3 is 19.7 Å². The van der Waals surface area contributed by atoms with Gasteiger partial charge in [0.15, 0.2) is 0 Å². The van der Waals surface area contributed by atoms with Gasteiger partial charge in [0, 0.05) is 25.5 Å². The van der Waals surface area contributed by atoms with Gasteiger partial charge in [-0.2, -0.15) is 0 Å². The molecule has 0 aromatic rings. The van der Waals surface area contributed by atoms with E-state index in [1.165, 1.54) is 0 Å². The molecule has 1 atom stereocenters. The van der Waals surface area contributed by atoms with E-state index in [0.717, 1.165) is 12.8 Å². The second-order valence-electron chi connectivity index (χ2n) is 5.98. The number of ether oxygens (including phenoxy) is 2. The van der Waals surface area contributed by atoms with Crippen LogP contribution >= 0.6 is 0 Å². The van der Waals surface area contributed by atoms with Gasteiger partial charge in [-0.05, 0) is 39.7 Å². The van der Waals surface area contributed by atoms with Crippen molar-refractivity contribution < 1.29 is 14.3 Å². The van der Waals surface area contributed by atoms with Gasteiger partial charge in [0.2, 0.25) is 6.35 Å². The van der Waals surface area contributed by atoms with Crippen LogP contribution in [0.1, 0.15) is 33.6 Å². The Kier molecular flexibility index (Phi) is 4.65. The quantitative estimate of drug-likeness (QED) is 0.839. The monoisotopic (exact) mass is 281 g/mol. The Morgan fingerprint density at radius 2 is 2.05 bits per heavy atom. The van der Waals surface area contributed by atoms with E-state index in [0.29, 0.717) is 13.1 Å². The van der Waals surface area contributed by atoms with E-state index < -0.39 is 5.60 Å². The van der Waals surface area contributed by atoms with E-state index >= 15 is 0 Å². The minimum Gasteiger partial charge on any atom is -0.444 e. The Morgan fingerprint density at radius 3 is 2.60 bits per heavy atom. The van der Waals surface area contributed by atoms with Gasteiger partial charge in [0.05, 0.1) is 6.10 Å². The zero-order valence-corrected chi connectivity index (χ0v) is 12.3. The number of amides is 1. The summed E-state index contributed by atoms with van der Waals surface area (Å²) in [5.41, 5.74) is -0.447. The number of hydrogen-bond acceptors (Lipinski definition) is 5. The summed E-state index contributed by atoms with van der Waals surface area (Å²) in [6.45, 7) is 6.95. The van der Waals surface area contributed by atoms with E-state index in [4.69, 9.17) is 9.47 Å². The highest BCUT2D eigenvalue weighted by atomic mass is 16.6. The Labute approximate surface area is 119 Å². The molecule has 2 aliphatic rings. The van der Waals surface area contributed by atoms with Gasteiger partial charge in [-0.25, -0.2) is 9.79 Å². The van der Waals surface area contributed by atoms with Gasteiger partial charge in [-0.3, -0.25) is 0 Å². The van der Waals surface area contributed by atoms with Crippen LogP contribution in [0.4, 0.5) is 4.79 Å². The summed E-state index contributed by atoms with van der Waals surface area (Å²) in [4.78, 5) is 17.8. The number of hydrogen-bond donors (Lipinski definition) is 1. The summed E-state index contributed by atoms with van der Waals surface area (Å²) in [5.74, 6) is 0. The van der Waals surface area contributed by atoms with Crippen molar-refractivity contribution in [2.45, 2.75) is 51.7 Å². The molecular weight excluding hydrogens is 258 g/mol. The van der Waals surface area contributed by atoms with Crippen molar-refractivity contribution in [1.29, 1.82) is 0 Å². The molecule has 112 valence electrons. The predicted octanol–water partition coefficient (Wildman–Crippen LogP) is 1.87. The number of aliphatic imine (C=N–C) groups is 1. The molecule has 1 N–H and O–H groups in total. The lowest BCUT2D eigenvalue weighted by atomic mass is 10.1. The lowest BCUT2D eigenvalue weighted by Crippen LogP contribution is -2.45. The average molecular weight is 281 g/mol. The zero-order valence-electron chi connectivity index (χ0n) is 12.3. The Hall–Kier alpha value is -1.56. The normalized spacial score (nSPS) is 23.6. The van der Waals surface area contributed by atoms with Gasteiger partial charge in [-0.15, -0.1) is 0 Å². The maximum atomic E-state index is 11.9. The number of rotatable bonds is 2. The lowest BCUT2D eigenvalue weighted by molar-refractivity contribution is -0.0503. The van der Waals surface area contributed by atoms with Crippen LogP contribution < -0.4 is 5.32 Å². The summed E-state index contributed by atoms with van der Waals surface area (Å²) in [5, 5.41) is 3.03. The number of nitrogens with one attached hydrogen (secondary N) is 1. The third kappa shape index (κ3) is 4.52. The van der Waals surface area contributed by atoms with E-state index in [-0.39, 0.29) is 18.5 Å². The molecule has 1 unspecified atom stereocenters. The van der Waals surface area contributed by atoms with E-state index in [1.807, 2.05) is 33.0 Å². The van der Waals surface area contributed by atoms with Crippen LogP contribution in [0, 0.1) is 0 Å². The third-order valence-electron chi connectivity index (χ3n) is 3.06. The smallest absolute Gasteiger partial charge is 0.410 e. The van der Waals surface area contributed by atoms with Crippen LogP contribution in [0.2, 0.25) is 0 Å². The first kappa shape index (κ1) is 14.8. The standard InChI is InChI=1S/C14H23N3O3/c1-14(2,3)20-13(18)17-9-5-11(6-10-17)19-12-15-7-4-8-16-12/h4,7-8,11-12,15H,5-6,9-10H2,1-3H3. The Bertz CT molecular complexity index is 393. The van der Waals surface area contributed by atoms with Gasteiger partial charge in [0.1, 0.15) is 5.60 Å². The van der Waals surface area contributed by atoms with Crippen molar-refractivity contribution in [3.8, 4) is 0 Å². The molecule has 6 heteroatoms. The third-order valence-corrected chi connectivity index (χ3v) is 3.06. The van der Waals surface area contributed by atoms with Crippen molar-refractivity contribution in [3.05, 3.63) is 12.3 Å². The van der Waals surface area contributed by atoms with Gasteiger partial charge in [-0.1, -0.05) is 0 Å². The molecule has 0 bridgehead atoms. The summed E-state index contributed by atoms with van der Waals surface area (Å²) in [6.07, 6.45) is 6.53. The van der Waals surface area contributed by atoms with E-state index in [2.05, 4.69) is 10.3 Å². The largest absolute Gasteiger partial charge is 0.444 e. The van der Waals surface area contributed by atoms with Crippen molar-refractivity contribution >= 4 is 12.3 Å². The minimum atomic E-state index is -0.447. The number of carbonyl (C=O) groups is 1. The fraction of sp³-hybridized carbons (Fsp3) is 0.714. The van der Waals surface area contributed by atoms with Crippen molar-refractivity contribution in [3.63, 3.8) is 0 Å². The molecule has 0 aromatic carbocycles. The number of carbonyl (C=O) groups excluding carboxylic acids is 1. The first-order valence-corrected chi connectivity index (χ1v) is 7.02. The van der Waals surface area contributed by atoms with Crippen LogP contribution in [0.25, 0.3) is 0 Å². The van der Waals surface area contributed by atoms with Gasteiger partial charge >= 0.3 is 6.09 Å². The molecule has 0 aromatic heterocycles. The van der Waals surface area contributed by atoms with Crippen molar-refractivity contribution in [2.75, 3.05) is 13.1 Å². The highest BCUT2D eigenvalue weighted by molar-refractivity contribution is 5.71. The Morgan fingerprint density at radius 1 is 1.35 bits per heavy atom. The molecule has 6 nitrogen and oxygen atoms in total. The molecule has 0 spiro atoms. The number of allylic oxidation sites excluding steroid dienone is 1. The van der Waals surface area contributed by atoms with Crippen molar-refractivity contribution in [2.24, 2.45) is 4.99 Å². The minimum absolute atomic E-state index is 0.120. The van der Waals surface area contributed by atoms with Crippen LogP contribution in [-0.4, -0.2) is 48.4 Å². The van der Waals surface area contributed by atoms with E-state index in [1.54, 1.807) is 11.1 Å². The molecule has 2 aliphatic heterocycles.